The number of Topliss-reactive ketones (excluding diaryl/α,β-unsaturated/α-hetero) is 1. The molecular formula is C17H23N3O2S. The van der Waals surface area contributed by atoms with Crippen molar-refractivity contribution in [1.82, 2.24) is 15.2 Å². The van der Waals surface area contributed by atoms with Crippen LogP contribution < -0.4 is 5.32 Å². The molecule has 0 aliphatic carbocycles. The van der Waals surface area contributed by atoms with Gasteiger partial charge in [0, 0.05) is 17.8 Å². The number of nitrogens with one attached hydrogen (secondary N) is 2. The summed E-state index contributed by atoms with van der Waals surface area (Å²) < 4.78 is 0. The van der Waals surface area contributed by atoms with Crippen LogP contribution in [0.2, 0.25) is 0 Å². The summed E-state index contributed by atoms with van der Waals surface area (Å²) in [5.74, 6) is -0.208. The molecule has 0 aromatic carbocycles. The van der Waals surface area contributed by atoms with Crippen molar-refractivity contribution < 1.29 is 9.59 Å². The number of H-pyrrole nitrogens is 1. The lowest BCUT2D eigenvalue weighted by Gasteiger charge is -2.24. The van der Waals surface area contributed by atoms with Crippen molar-refractivity contribution in [3.63, 3.8) is 0 Å². The van der Waals surface area contributed by atoms with E-state index in [4.69, 9.17) is 0 Å². The molecule has 0 aliphatic rings. The van der Waals surface area contributed by atoms with Crippen LogP contribution in [0.4, 0.5) is 0 Å². The van der Waals surface area contributed by atoms with Crippen molar-refractivity contribution in [3.8, 4) is 0 Å². The van der Waals surface area contributed by atoms with E-state index in [1.165, 1.54) is 12.5 Å². The van der Waals surface area contributed by atoms with Gasteiger partial charge in [-0.25, -0.2) is 0 Å². The van der Waals surface area contributed by atoms with Crippen LogP contribution in [0.3, 0.4) is 0 Å². The zero-order chi connectivity index (χ0) is 17.1. The highest BCUT2D eigenvalue weighted by Crippen LogP contribution is 2.21. The lowest BCUT2D eigenvalue weighted by atomic mass is 10.1. The van der Waals surface area contributed by atoms with Gasteiger partial charge in [-0.05, 0) is 62.8 Å². The first kappa shape index (κ1) is 17.4. The second-order valence-corrected chi connectivity index (χ2v) is 6.71. The van der Waals surface area contributed by atoms with Gasteiger partial charge in [-0.2, -0.15) is 11.3 Å². The maximum absolute atomic E-state index is 12.5. The Balaban J connectivity index is 2.13. The lowest BCUT2D eigenvalue weighted by molar-refractivity contribution is 0.0936. The first-order chi connectivity index (χ1) is 10.8. The van der Waals surface area contributed by atoms with Crippen molar-refractivity contribution in [1.29, 1.82) is 0 Å². The van der Waals surface area contributed by atoms with E-state index in [-0.39, 0.29) is 17.7 Å². The van der Waals surface area contributed by atoms with Crippen molar-refractivity contribution in [2.24, 2.45) is 0 Å². The third-order valence-electron chi connectivity index (χ3n) is 4.02. The predicted molar refractivity (Wildman–Crippen MR) is 93.4 cm³/mol. The number of hydrogen-bond acceptors (Lipinski definition) is 4. The molecule has 2 aromatic rings. The van der Waals surface area contributed by atoms with Crippen LogP contribution in [0, 0.1) is 13.8 Å². The van der Waals surface area contributed by atoms with E-state index in [0.29, 0.717) is 23.4 Å². The van der Waals surface area contributed by atoms with Gasteiger partial charge in [-0.1, -0.05) is 0 Å². The maximum Gasteiger partial charge on any atom is 0.268 e. The summed E-state index contributed by atoms with van der Waals surface area (Å²) in [5, 5.41) is 7.10. The number of thiophene rings is 1. The van der Waals surface area contributed by atoms with Crippen LogP contribution in [-0.2, 0) is 0 Å². The summed E-state index contributed by atoms with van der Waals surface area (Å²) in [6.07, 6.45) is 0. The summed E-state index contributed by atoms with van der Waals surface area (Å²) in [6, 6.07) is 2.19. The fraction of sp³-hybridized carbons (Fsp3) is 0.412. The van der Waals surface area contributed by atoms with Crippen LogP contribution in [0.5, 0.6) is 0 Å². The number of aryl methyl sites for hydroxylation is 1. The van der Waals surface area contributed by atoms with Gasteiger partial charge in [0.2, 0.25) is 0 Å². The number of carbonyl (C=O) groups is 2. The standard InChI is InChI=1S/C17H23N3O2S/c1-10-15(12(3)21)11(2)19-16(10)17(22)18-8-14(20(4)5)13-6-7-23-9-13/h6-7,9,14,19H,8H2,1-5H3,(H,18,22). The van der Waals surface area contributed by atoms with Crippen molar-refractivity contribution >= 4 is 23.0 Å². The Kier molecular flexibility index (Phi) is 5.38. The number of aromatic amines is 1. The minimum absolute atomic E-state index is 0.0280. The minimum Gasteiger partial charge on any atom is -0.354 e. The van der Waals surface area contributed by atoms with Crippen LogP contribution in [-0.4, -0.2) is 42.2 Å². The number of amides is 1. The van der Waals surface area contributed by atoms with E-state index in [1.54, 1.807) is 18.3 Å². The number of aromatic nitrogens is 1. The number of rotatable bonds is 6. The molecule has 2 rings (SSSR count). The lowest BCUT2D eigenvalue weighted by Crippen LogP contribution is -2.34. The minimum atomic E-state index is -0.180. The Bertz CT molecular complexity index is 702. The van der Waals surface area contributed by atoms with E-state index in [0.717, 1.165) is 5.69 Å². The van der Waals surface area contributed by atoms with E-state index < -0.39 is 0 Å². The maximum atomic E-state index is 12.5. The van der Waals surface area contributed by atoms with Crippen LogP contribution >= 0.6 is 11.3 Å². The molecule has 124 valence electrons. The molecule has 0 saturated carbocycles. The highest BCUT2D eigenvalue weighted by molar-refractivity contribution is 7.07. The number of likely N-dealkylation sites (N-methyl/N-ethyl adjacent to an activating group) is 1. The molecule has 2 aromatic heterocycles. The molecule has 0 fully saturated rings. The molecule has 0 spiro atoms. The number of carbonyl (C=O) groups excluding carboxylic acids is 2. The highest BCUT2D eigenvalue weighted by atomic mass is 32.1. The third kappa shape index (κ3) is 3.71. The van der Waals surface area contributed by atoms with Gasteiger partial charge < -0.3 is 15.2 Å². The Labute approximate surface area is 140 Å². The average molecular weight is 333 g/mol. The molecule has 5 nitrogen and oxygen atoms in total. The molecule has 0 saturated heterocycles. The Morgan fingerprint density at radius 2 is 2.04 bits per heavy atom. The van der Waals surface area contributed by atoms with Gasteiger partial charge in [0.25, 0.3) is 5.91 Å². The molecule has 0 bridgehead atoms. The van der Waals surface area contributed by atoms with Gasteiger partial charge in [0.05, 0.1) is 6.04 Å². The topological polar surface area (TPSA) is 65.2 Å². The first-order valence-electron chi connectivity index (χ1n) is 7.49. The van der Waals surface area contributed by atoms with Gasteiger partial charge >= 0.3 is 0 Å². The number of hydrogen-bond donors (Lipinski definition) is 2. The van der Waals surface area contributed by atoms with E-state index in [9.17, 15) is 9.59 Å². The molecule has 2 heterocycles. The zero-order valence-corrected chi connectivity index (χ0v) is 15.0. The summed E-state index contributed by atoms with van der Waals surface area (Å²) in [6.45, 7) is 5.64. The Hall–Kier alpha value is -1.92. The molecule has 1 atom stereocenters. The van der Waals surface area contributed by atoms with E-state index in [1.807, 2.05) is 26.4 Å². The molecule has 0 aliphatic heterocycles. The summed E-state index contributed by atoms with van der Waals surface area (Å²) >= 11 is 1.64. The van der Waals surface area contributed by atoms with E-state index in [2.05, 4.69) is 26.6 Å². The van der Waals surface area contributed by atoms with Crippen molar-refractivity contribution in [2.75, 3.05) is 20.6 Å². The molecular weight excluding hydrogens is 310 g/mol. The second-order valence-electron chi connectivity index (χ2n) is 5.93. The van der Waals surface area contributed by atoms with Crippen LogP contribution in [0.15, 0.2) is 16.8 Å². The van der Waals surface area contributed by atoms with Gasteiger partial charge in [0.1, 0.15) is 5.69 Å². The van der Waals surface area contributed by atoms with Gasteiger partial charge in [-0.3, -0.25) is 9.59 Å². The fourth-order valence-electron chi connectivity index (χ4n) is 2.85. The zero-order valence-electron chi connectivity index (χ0n) is 14.2. The normalized spacial score (nSPS) is 12.4. The smallest absolute Gasteiger partial charge is 0.268 e. The van der Waals surface area contributed by atoms with Crippen LogP contribution in [0.25, 0.3) is 0 Å². The van der Waals surface area contributed by atoms with Crippen molar-refractivity contribution in [2.45, 2.75) is 26.8 Å². The summed E-state index contributed by atoms with van der Waals surface area (Å²) in [7, 11) is 3.98. The first-order valence-corrected chi connectivity index (χ1v) is 8.44. The van der Waals surface area contributed by atoms with Gasteiger partial charge in [-0.15, -0.1) is 0 Å². The second kappa shape index (κ2) is 7.10. The third-order valence-corrected chi connectivity index (χ3v) is 4.73. The molecule has 6 heteroatoms. The average Bonchev–Trinajstić information content (AvgIpc) is 3.06. The van der Waals surface area contributed by atoms with E-state index >= 15 is 0 Å². The number of nitrogens with zero attached hydrogens (tertiary/aromatic N) is 1. The largest absolute Gasteiger partial charge is 0.354 e. The molecule has 2 N–H and O–H groups in total. The predicted octanol–water partition coefficient (Wildman–Crippen LogP) is 2.93. The summed E-state index contributed by atoms with van der Waals surface area (Å²) in [5.41, 5.74) is 3.71. The fourth-order valence-corrected chi connectivity index (χ4v) is 3.55. The highest BCUT2D eigenvalue weighted by Gasteiger charge is 2.21. The number of ketones is 1. The molecule has 1 unspecified atom stereocenters. The SMILES string of the molecule is CC(=O)c1c(C)[nH]c(C(=O)NCC(c2ccsc2)N(C)C)c1C. The Morgan fingerprint density at radius 1 is 1.35 bits per heavy atom. The quantitative estimate of drug-likeness (QED) is 0.799. The van der Waals surface area contributed by atoms with Crippen LogP contribution in [0.1, 0.15) is 50.6 Å². The van der Waals surface area contributed by atoms with Gasteiger partial charge in [0.15, 0.2) is 5.78 Å². The Morgan fingerprint density at radius 3 is 2.52 bits per heavy atom. The summed E-state index contributed by atoms with van der Waals surface area (Å²) in [4.78, 5) is 29.3. The monoisotopic (exact) mass is 333 g/mol. The molecule has 0 radical (unpaired) electrons. The molecule has 23 heavy (non-hydrogen) atoms. The molecule has 1 amide bonds. The van der Waals surface area contributed by atoms with Crippen molar-refractivity contribution in [3.05, 3.63) is 44.9 Å².